The van der Waals surface area contributed by atoms with Gasteiger partial charge in [0, 0.05) is 0 Å². The molecule has 1 aliphatic carbocycles. The van der Waals surface area contributed by atoms with Crippen LogP contribution in [0.25, 0.3) is 0 Å². The Morgan fingerprint density at radius 3 is 2.76 bits per heavy atom. The van der Waals surface area contributed by atoms with Gasteiger partial charge in [-0.25, -0.2) is 0 Å². The molecule has 0 amide bonds. The molecule has 0 fully saturated rings. The molecular formula is C14H21NO2. The molecule has 1 aliphatic rings. The largest absolute Gasteiger partial charge is 0.492 e. The van der Waals surface area contributed by atoms with Crippen molar-refractivity contribution < 1.29 is 9.84 Å². The minimum absolute atomic E-state index is 0.00559. The second-order valence-corrected chi connectivity index (χ2v) is 4.62. The Bertz CT molecular complexity index is 361. The fourth-order valence-corrected chi connectivity index (χ4v) is 2.22. The van der Waals surface area contributed by atoms with E-state index in [1.54, 1.807) is 0 Å². The van der Waals surface area contributed by atoms with E-state index in [-0.39, 0.29) is 12.6 Å². The van der Waals surface area contributed by atoms with Gasteiger partial charge in [0.1, 0.15) is 12.4 Å². The summed E-state index contributed by atoms with van der Waals surface area (Å²) in [5.74, 6) is 0.916. The van der Waals surface area contributed by atoms with Gasteiger partial charge in [0.05, 0.1) is 12.6 Å². The van der Waals surface area contributed by atoms with Gasteiger partial charge >= 0.3 is 0 Å². The molecule has 0 bridgehead atoms. The maximum Gasteiger partial charge on any atom is 0.119 e. The van der Waals surface area contributed by atoms with E-state index in [0.29, 0.717) is 6.61 Å². The maximum absolute atomic E-state index is 9.05. The summed E-state index contributed by atoms with van der Waals surface area (Å²) in [6.07, 6.45) is 4.96. The van der Waals surface area contributed by atoms with Crippen molar-refractivity contribution in [2.24, 2.45) is 0 Å². The molecule has 0 aliphatic heterocycles. The number of ether oxygens (including phenoxy) is 1. The summed E-state index contributed by atoms with van der Waals surface area (Å²) in [6.45, 7) is 0.604. The standard InChI is InChI=1S/C14H21NO2/c1-15-13(9-16)10-17-14-7-6-11-4-2-3-5-12(11)8-14/h6-8,13,15-16H,2-5,9-10H2,1H3. The molecule has 1 aromatic rings. The number of likely N-dealkylation sites (N-methyl/N-ethyl adjacent to an activating group) is 1. The second kappa shape index (κ2) is 6.03. The van der Waals surface area contributed by atoms with Crippen molar-refractivity contribution in [2.45, 2.75) is 31.7 Å². The van der Waals surface area contributed by atoms with E-state index in [0.717, 1.165) is 5.75 Å². The average Bonchev–Trinajstić information content (AvgIpc) is 2.40. The first-order valence-electron chi connectivity index (χ1n) is 6.36. The van der Waals surface area contributed by atoms with Gasteiger partial charge in [0.15, 0.2) is 0 Å². The zero-order valence-electron chi connectivity index (χ0n) is 10.4. The number of rotatable bonds is 5. The van der Waals surface area contributed by atoms with Gasteiger partial charge in [-0.3, -0.25) is 0 Å². The summed E-state index contributed by atoms with van der Waals surface area (Å²) in [4.78, 5) is 0. The van der Waals surface area contributed by atoms with Gasteiger partial charge in [-0.1, -0.05) is 6.07 Å². The summed E-state index contributed by atoms with van der Waals surface area (Å²) < 4.78 is 5.69. The van der Waals surface area contributed by atoms with Crippen molar-refractivity contribution in [1.29, 1.82) is 0 Å². The van der Waals surface area contributed by atoms with Gasteiger partial charge in [-0.15, -0.1) is 0 Å². The number of hydrogen-bond acceptors (Lipinski definition) is 3. The Morgan fingerprint density at radius 2 is 2.06 bits per heavy atom. The van der Waals surface area contributed by atoms with Crippen LogP contribution >= 0.6 is 0 Å². The van der Waals surface area contributed by atoms with E-state index < -0.39 is 0 Å². The lowest BCUT2D eigenvalue weighted by Gasteiger charge is -2.18. The molecule has 1 aromatic carbocycles. The molecule has 3 heteroatoms. The number of nitrogens with one attached hydrogen (secondary N) is 1. The van der Waals surface area contributed by atoms with Gasteiger partial charge < -0.3 is 15.2 Å². The number of aliphatic hydroxyl groups excluding tert-OH is 1. The molecule has 1 atom stereocenters. The smallest absolute Gasteiger partial charge is 0.119 e. The van der Waals surface area contributed by atoms with Crippen LogP contribution in [0.3, 0.4) is 0 Å². The van der Waals surface area contributed by atoms with Crippen LogP contribution in [0.5, 0.6) is 5.75 Å². The highest BCUT2D eigenvalue weighted by molar-refractivity contribution is 5.37. The third-order valence-corrected chi connectivity index (χ3v) is 3.40. The van der Waals surface area contributed by atoms with E-state index in [4.69, 9.17) is 9.84 Å². The second-order valence-electron chi connectivity index (χ2n) is 4.62. The molecule has 2 N–H and O–H groups in total. The Balaban J connectivity index is 1.97. The van der Waals surface area contributed by atoms with E-state index >= 15 is 0 Å². The Kier molecular flexibility index (Phi) is 4.40. The number of hydrogen-bond donors (Lipinski definition) is 2. The van der Waals surface area contributed by atoms with Crippen LogP contribution in [0.2, 0.25) is 0 Å². The van der Waals surface area contributed by atoms with Gasteiger partial charge in [-0.05, 0) is 56.0 Å². The molecule has 17 heavy (non-hydrogen) atoms. The third-order valence-electron chi connectivity index (χ3n) is 3.40. The predicted octanol–water partition coefficient (Wildman–Crippen LogP) is 1.52. The van der Waals surface area contributed by atoms with Gasteiger partial charge in [-0.2, -0.15) is 0 Å². The normalized spacial score (nSPS) is 16.4. The zero-order valence-corrected chi connectivity index (χ0v) is 10.4. The molecule has 0 saturated heterocycles. The molecule has 2 rings (SSSR count). The van der Waals surface area contributed by atoms with Crippen LogP contribution in [-0.2, 0) is 12.8 Å². The molecule has 0 aromatic heterocycles. The van der Waals surface area contributed by atoms with E-state index in [9.17, 15) is 0 Å². The summed E-state index contributed by atoms with van der Waals surface area (Å²) >= 11 is 0. The first kappa shape index (κ1) is 12.4. The van der Waals surface area contributed by atoms with E-state index in [1.165, 1.54) is 36.8 Å². The van der Waals surface area contributed by atoms with E-state index in [1.807, 2.05) is 13.1 Å². The van der Waals surface area contributed by atoms with Crippen LogP contribution in [0.1, 0.15) is 24.0 Å². The Hall–Kier alpha value is -1.06. The van der Waals surface area contributed by atoms with Crippen molar-refractivity contribution in [3.8, 4) is 5.75 Å². The Labute approximate surface area is 103 Å². The number of aryl methyl sites for hydroxylation is 2. The highest BCUT2D eigenvalue weighted by Crippen LogP contribution is 2.25. The van der Waals surface area contributed by atoms with Crippen LogP contribution < -0.4 is 10.1 Å². The predicted molar refractivity (Wildman–Crippen MR) is 68.5 cm³/mol. The first-order valence-corrected chi connectivity index (χ1v) is 6.36. The average molecular weight is 235 g/mol. The molecule has 0 radical (unpaired) electrons. The van der Waals surface area contributed by atoms with Gasteiger partial charge in [0.25, 0.3) is 0 Å². The lowest BCUT2D eigenvalue weighted by Crippen LogP contribution is -2.34. The first-order chi connectivity index (χ1) is 8.33. The molecule has 1 unspecified atom stereocenters. The number of aliphatic hydroxyl groups is 1. The van der Waals surface area contributed by atoms with Gasteiger partial charge in [0.2, 0.25) is 0 Å². The van der Waals surface area contributed by atoms with Crippen molar-refractivity contribution in [3.63, 3.8) is 0 Å². The lowest BCUT2D eigenvalue weighted by atomic mass is 9.92. The monoisotopic (exact) mass is 235 g/mol. The summed E-state index contributed by atoms with van der Waals surface area (Å²) in [7, 11) is 1.83. The van der Waals surface area contributed by atoms with Crippen molar-refractivity contribution in [2.75, 3.05) is 20.3 Å². The van der Waals surface area contributed by atoms with Crippen LogP contribution in [0, 0.1) is 0 Å². The maximum atomic E-state index is 9.05. The van der Waals surface area contributed by atoms with Crippen molar-refractivity contribution in [3.05, 3.63) is 29.3 Å². The molecule has 94 valence electrons. The minimum Gasteiger partial charge on any atom is -0.492 e. The van der Waals surface area contributed by atoms with Crippen molar-refractivity contribution in [1.82, 2.24) is 5.32 Å². The highest BCUT2D eigenvalue weighted by Gasteiger charge is 2.10. The Morgan fingerprint density at radius 1 is 1.29 bits per heavy atom. The molecule has 3 nitrogen and oxygen atoms in total. The number of fused-ring (bicyclic) bond motifs is 1. The van der Waals surface area contributed by atoms with Crippen LogP contribution in [0.4, 0.5) is 0 Å². The highest BCUT2D eigenvalue weighted by atomic mass is 16.5. The fourth-order valence-electron chi connectivity index (χ4n) is 2.22. The zero-order chi connectivity index (χ0) is 12.1. The van der Waals surface area contributed by atoms with Crippen LogP contribution in [-0.4, -0.2) is 31.4 Å². The summed E-state index contributed by atoms with van der Waals surface area (Å²) in [5.41, 5.74) is 2.90. The number of benzene rings is 1. The summed E-state index contributed by atoms with van der Waals surface area (Å²) in [5, 5.41) is 12.1. The molecule has 0 heterocycles. The molecule has 0 spiro atoms. The third kappa shape index (κ3) is 3.20. The van der Waals surface area contributed by atoms with Crippen LogP contribution in [0.15, 0.2) is 18.2 Å². The summed E-state index contributed by atoms with van der Waals surface area (Å²) in [6, 6.07) is 6.37. The minimum atomic E-state index is 0.00559. The SMILES string of the molecule is CNC(CO)COc1ccc2c(c1)CCCC2. The lowest BCUT2D eigenvalue weighted by molar-refractivity contribution is 0.189. The fraction of sp³-hybridized carbons (Fsp3) is 0.571. The molecule has 0 saturated carbocycles. The topological polar surface area (TPSA) is 41.5 Å². The quantitative estimate of drug-likeness (QED) is 0.813. The van der Waals surface area contributed by atoms with E-state index in [2.05, 4.69) is 17.4 Å². The van der Waals surface area contributed by atoms with Crippen molar-refractivity contribution >= 4 is 0 Å². The molecular weight excluding hydrogens is 214 g/mol.